The fourth-order valence-electron chi connectivity index (χ4n) is 3.48. The smallest absolute Gasteiger partial charge is 0.232 e. The van der Waals surface area contributed by atoms with Crippen LogP contribution in [0.1, 0.15) is 11.1 Å². The Morgan fingerprint density at radius 2 is 1.93 bits per heavy atom. The van der Waals surface area contributed by atoms with Crippen molar-refractivity contribution in [2.24, 2.45) is 0 Å². The second-order valence-corrected chi connectivity index (χ2v) is 9.44. The van der Waals surface area contributed by atoms with E-state index < -0.39 is 21.7 Å². The van der Waals surface area contributed by atoms with Crippen LogP contribution in [0.3, 0.4) is 0 Å². The molecule has 156 valence electrons. The molecule has 0 unspecified atom stereocenters. The molecule has 10 heteroatoms. The molecule has 0 amide bonds. The minimum Gasteiger partial charge on any atom is -0.505 e. The van der Waals surface area contributed by atoms with Crippen molar-refractivity contribution < 1.29 is 23.0 Å². The molecule has 2 aromatic carbocycles. The zero-order chi connectivity index (χ0) is 21.8. The molecule has 4 rings (SSSR count). The third kappa shape index (κ3) is 3.29. The van der Waals surface area contributed by atoms with Crippen LogP contribution in [-0.4, -0.2) is 41.9 Å². The van der Waals surface area contributed by atoms with Crippen molar-refractivity contribution in [3.05, 3.63) is 58.6 Å². The molecular formula is C20H17ClFN3O4S. The molecule has 7 nitrogen and oxygen atoms in total. The van der Waals surface area contributed by atoms with Gasteiger partial charge in [0.2, 0.25) is 15.9 Å². The van der Waals surface area contributed by atoms with E-state index in [1.54, 1.807) is 18.3 Å². The molecule has 30 heavy (non-hydrogen) atoms. The van der Waals surface area contributed by atoms with Crippen LogP contribution in [-0.2, 0) is 16.4 Å². The van der Waals surface area contributed by atoms with E-state index in [-0.39, 0.29) is 27.4 Å². The maximum atomic E-state index is 13.4. The number of sulfonamides is 1. The van der Waals surface area contributed by atoms with Crippen LogP contribution in [0, 0.1) is 5.82 Å². The average molecular weight is 450 g/mol. The topological polar surface area (TPSA) is 107 Å². The Morgan fingerprint density at radius 1 is 1.20 bits per heavy atom. The number of aromatic hydroxyl groups is 2. The van der Waals surface area contributed by atoms with Crippen molar-refractivity contribution in [3.63, 3.8) is 0 Å². The van der Waals surface area contributed by atoms with Crippen molar-refractivity contribution in [2.75, 3.05) is 17.6 Å². The van der Waals surface area contributed by atoms with E-state index in [1.807, 2.05) is 0 Å². The first-order chi connectivity index (χ1) is 14.1. The van der Waals surface area contributed by atoms with Gasteiger partial charge >= 0.3 is 0 Å². The summed E-state index contributed by atoms with van der Waals surface area (Å²) in [6.45, 7) is 0. The van der Waals surface area contributed by atoms with Crippen LogP contribution in [0.25, 0.3) is 21.7 Å². The first kappa shape index (κ1) is 20.2. The fourth-order valence-corrected chi connectivity index (χ4v) is 4.21. The second-order valence-electron chi connectivity index (χ2n) is 7.02. The van der Waals surface area contributed by atoms with Gasteiger partial charge in [-0.05, 0) is 35.7 Å². The van der Waals surface area contributed by atoms with Crippen molar-refractivity contribution in [3.8, 4) is 11.6 Å². The van der Waals surface area contributed by atoms with Gasteiger partial charge in [0.25, 0.3) is 0 Å². The Hall–Kier alpha value is -3.04. The summed E-state index contributed by atoms with van der Waals surface area (Å²) < 4.78 is 39.1. The van der Waals surface area contributed by atoms with Gasteiger partial charge in [-0.15, -0.1) is 0 Å². The molecular weight excluding hydrogens is 433 g/mol. The molecule has 0 aliphatic rings. The highest BCUT2D eigenvalue weighted by Gasteiger charge is 2.24. The van der Waals surface area contributed by atoms with Gasteiger partial charge in [0.1, 0.15) is 5.82 Å². The summed E-state index contributed by atoms with van der Waals surface area (Å²) in [6, 6.07) is 6.13. The number of nitrogens with one attached hydrogen (secondary N) is 1. The quantitative estimate of drug-likeness (QED) is 0.438. The summed E-state index contributed by atoms with van der Waals surface area (Å²) in [7, 11) is -2.27. The molecule has 3 N–H and O–H groups in total. The summed E-state index contributed by atoms with van der Waals surface area (Å²) in [5.74, 6) is -1.15. The standard InChI is InChI=1S/C20H17ClFN3O4S/c1-25(30(2,28)29)18-12-6-11(5-10-3-4-15(22)14(21)7-10)8-23-17(12)19(26)16-13(18)9-24-20(16)27/h3-4,6-9,23,26-27H,5H2,1-2H3. The normalized spacial score (nSPS) is 12.0. The number of pyridine rings is 1. The Morgan fingerprint density at radius 3 is 2.60 bits per heavy atom. The van der Waals surface area contributed by atoms with E-state index in [0.717, 1.165) is 21.7 Å². The van der Waals surface area contributed by atoms with E-state index in [2.05, 4.69) is 9.97 Å². The van der Waals surface area contributed by atoms with Gasteiger partial charge in [0, 0.05) is 30.2 Å². The molecule has 0 saturated carbocycles. The number of H-pyrrole nitrogens is 1. The maximum absolute atomic E-state index is 13.4. The monoisotopic (exact) mass is 449 g/mol. The number of benzene rings is 2. The molecule has 0 spiro atoms. The van der Waals surface area contributed by atoms with Crippen LogP contribution in [0.5, 0.6) is 11.6 Å². The molecule has 0 atom stereocenters. The minimum atomic E-state index is -3.66. The van der Waals surface area contributed by atoms with Crippen molar-refractivity contribution in [1.82, 2.24) is 9.97 Å². The zero-order valence-electron chi connectivity index (χ0n) is 15.9. The van der Waals surface area contributed by atoms with Gasteiger partial charge in [0.05, 0.1) is 27.9 Å². The molecule has 0 bridgehead atoms. The summed E-state index contributed by atoms with van der Waals surface area (Å²) in [5, 5.41) is 21.5. The van der Waals surface area contributed by atoms with Gasteiger partial charge in [-0.2, -0.15) is 0 Å². The molecule has 4 aromatic rings. The molecule has 0 radical (unpaired) electrons. The number of halogens is 2. The summed E-state index contributed by atoms with van der Waals surface area (Å²) in [5.41, 5.74) is 2.02. The minimum absolute atomic E-state index is 0.00690. The van der Waals surface area contributed by atoms with E-state index in [1.165, 1.54) is 25.4 Å². The Labute approximate surface area is 176 Å². The Bertz CT molecular complexity index is 1420. The molecule has 2 heterocycles. The summed E-state index contributed by atoms with van der Waals surface area (Å²) in [4.78, 5) is 6.80. The summed E-state index contributed by atoms with van der Waals surface area (Å²) in [6.07, 6.45) is 4.40. The van der Waals surface area contributed by atoms with Crippen molar-refractivity contribution in [1.29, 1.82) is 0 Å². The molecule has 2 aromatic heterocycles. The lowest BCUT2D eigenvalue weighted by Gasteiger charge is -2.21. The summed E-state index contributed by atoms with van der Waals surface area (Å²) >= 11 is 5.86. The lowest BCUT2D eigenvalue weighted by atomic mass is 10.0. The van der Waals surface area contributed by atoms with Gasteiger partial charge < -0.3 is 15.2 Å². The SMILES string of the molecule is CN(c1c2cc(Cc3ccc(F)c(Cl)c3)c[nH]c2c(O)c2c(O)ncc12)S(C)(=O)=O. The second kappa shape index (κ2) is 7.03. The third-order valence-electron chi connectivity index (χ3n) is 5.00. The number of hydrogen-bond acceptors (Lipinski definition) is 5. The van der Waals surface area contributed by atoms with Crippen LogP contribution in [0.2, 0.25) is 5.02 Å². The molecule has 0 aliphatic carbocycles. The van der Waals surface area contributed by atoms with Gasteiger partial charge in [0.15, 0.2) is 5.75 Å². The third-order valence-corrected chi connectivity index (χ3v) is 6.47. The predicted octanol–water partition coefficient (Wildman–Crippen LogP) is 3.91. The average Bonchev–Trinajstić information content (AvgIpc) is 3.05. The molecule has 0 aliphatic heterocycles. The zero-order valence-corrected chi connectivity index (χ0v) is 17.5. The van der Waals surface area contributed by atoms with Crippen LogP contribution < -0.4 is 4.31 Å². The van der Waals surface area contributed by atoms with Crippen molar-refractivity contribution in [2.45, 2.75) is 6.42 Å². The first-order valence-electron chi connectivity index (χ1n) is 8.79. The number of aromatic amines is 1. The number of aromatic nitrogens is 2. The number of phenolic OH excluding ortho intramolecular Hbond substituents is 1. The van der Waals surface area contributed by atoms with E-state index in [0.29, 0.717) is 17.2 Å². The van der Waals surface area contributed by atoms with E-state index in [9.17, 15) is 23.0 Å². The van der Waals surface area contributed by atoms with E-state index in [4.69, 9.17) is 11.6 Å². The Kier molecular flexibility index (Phi) is 4.74. The van der Waals surface area contributed by atoms with E-state index >= 15 is 0 Å². The highest BCUT2D eigenvalue weighted by molar-refractivity contribution is 7.92. The highest BCUT2D eigenvalue weighted by atomic mass is 35.5. The highest BCUT2D eigenvalue weighted by Crippen LogP contribution is 2.45. The molecule has 0 fully saturated rings. The lowest BCUT2D eigenvalue weighted by Crippen LogP contribution is -2.25. The van der Waals surface area contributed by atoms with Crippen LogP contribution in [0.15, 0.2) is 36.7 Å². The van der Waals surface area contributed by atoms with Crippen molar-refractivity contribution >= 4 is 49.0 Å². The van der Waals surface area contributed by atoms with Gasteiger partial charge in [-0.1, -0.05) is 17.7 Å². The van der Waals surface area contributed by atoms with Crippen LogP contribution >= 0.6 is 11.6 Å². The van der Waals surface area contributed by atoms with Gasteiger partial charge in [-0.3, -0.25) is 4.31 Å². The maximum Gasteiger partial charge on any atom is 0.232 e. The number of fused-ring (bicyclic) bond motifs is 2. The molecule has 0 saturated heterocycles. The number of rotatable bonds is 4. The number of phenols is 1. The number of nitrogens with zero attached hydrogens (tertiary/aromatic N) is 2. The first-order valence-corrected chi connectivity index (χ1v) is 11.0. The Balaban J connectivity index is 1.98. The van der Waals surface area contributed by atoms with Crippen LogP contribution in [0.4, 0.5) is 10.1 Å². The predicted molar refractivity (Wildman–Crippen MR) is 114 cm³/mol. The number of hydrogen-bond donors (Lipinski definition) is 3. The fraction of sp³-hybridized carbons (Fsp3) is 0.150. The number of anilines is 1. The lowest BCUT2D eigenvalue weighted by molar-refractivity contribution is 0.454. The largest absolute Gasteiger partial charge is 0.505 e. The van der Waals surface area contributed by atoms with Gasteiger partial charge in [-0.25, -0.2) is 17.8 Å².